The summed E-state index contributed by atoms with van der Waals surface area (Å²) in [5.74, 6) is 0. The van der Waals surface area contributed by atoms with Crippen LogP contribution >= 0.6 is 0 Å². The summed E-state index contributed by atoms with van der Waals surface area (Å²) in [6.07, 6.45) is 13.9. The molecular formula is C17H32N2O3S. The Morgan fingerprint density at radius 1 is 1.09 bits per heavy atom. The number of piperidine rings is 1. The fourth-order valence-corrected chi connectivity index (χ4v) is 5.12. The lowest BCUT2D eigenvalue weighted by Crippen LogP contribution is -2.49. The van der Waals surface area contributed by atoms with Gasteiger partial charge in [-0.3, -0.25) is 4.90 Å². The first-order valence-corrected chi connectivity index (χ1v) is 11.2. The van der Waals surface area contributed by atoms with Gasteiger partial charge < -0.3 is 4.74 Å². The van der Waals surface area contributed by atoms with Gasteiger partial charge >= 0.3 is 0 Å². The van der Waals surface area contributed by atoms with Crippen molar-refractivity contribution in [1.29, 1.82) is 0 Å². The second-order valence-electron chi connectivity index (χ2n) is 7.79. The standard InChI is InChI=1S/C17H32N2O3S/c1-23(20,21)18-13-15-7-3-6-12-19(15)14-16-8-11-17(22-16)9-4-2-5-10-17/h15-16,18H,2-14H2,1H3. The molecule has 3 rings (SSSR count). The minimum atomic E-state index is -3.10. The molecule has 0 radical (unpaired) electrons. The van der Waals surface area contributed by atoms with Crippen molar-refractivity contribution in [3.8, 4) is 0 Å². The maximum Gasteiger partial charge on any atom is 0.208 e. The van der Waals surface area contributed by atoms with Crippen molar-refractivity contribution in [2.75, 3.05) is 25.9 Å². The van der Waals surface area contributed by atoms with E-state index in [9.17, 15) is 8.42 Å². The maximum absolute atomic E-state index is 11.4. The summed E-state index contributed by atoms with van der Waals surface area (Å²) in [6, 6.07) is 0.324. The highest BCUT2D eigenvalue weighted by Gasteiger charge is 2.41. The van der Waals surface area contributed by atoms with E-state index in [1.165, 1.54) is 64.0 Å². The van der Waals surface area contributed by atoms with Gasteiger partial charge in [-0.05, 0) is 45.1 Å². The normalized spacial score (nSPS) is 32.4. The van der Waals surface area contributed by atoms with Crippen LogP contribution in [0.25, 0.3) is 0 Å². The quantitative estimate of drug-likeness (QED) is 0.831. The Morgan fingerprint density at radius 3 is 2.61 bits per heavy atom. The van der Waals surface area contributed by atoms with E-state index in [1.807, 2.05) is 0 Å². The molecule has 2 atom stereocenters. The third kappa shape index (κ3) is 4.91. The first-order valence-electron chi connectivity index (χ1n) is 9.32. The van der Waals surface area contributed by atoms with Crippen molar-refractivity contribution < 1.29 is 13.2 Å². The number of hydrogen-bond acceptors (Lipinski definition) is 4. The topological polar surface area (TPSA) is 58.6 Å². The van der Waals surface area contributed by atoms with E-state index in [2.05, 4.69) is 9.62 Å². The van der Waals surface area contributed by atoms with Crippen LogP contribution in [0.1, 0.15) is 64.2 Å². The molecular weight excluding hydrogens is 312 g/mol. The smallest absolute Gasteiger partial charge is 0.208 e. The van der Waals surface area contributed by atoms with E-state index in [1.54, 1.807) is 0 Å². The highest BCUT2D eigenvalue weighted by atomic mass is 32.2. The molecule has 1 spiro atoms. The SMILES string of the molecule is CS(=O)(=O)NCC1CCCCN1CC1CCC2(CCCCC2)O1. The first kappa shape index (κ1) is 17.6. The monoisotopic (exact) mass is 344 g/mol. The van der Waals surface area contributed by atoms with Crippen LogP contribution in [0.15, 0.2) is 0 Å². The summed E-state index contributed by atoms with van der Waals surface area (Å²) in [5, 5.41) is 0. The van der Waals surface area contributed by atoms with Gasteiger partial charge in [0.15, 0.2) is 0 Å². The molecule has 0 amide bonds. The number of ether oxygens (including phenoxy) is 1. The van der Waals surface area contributed by atoms with Crippen molar-refractivity contribution in [3.05, 3.63) is 0 Å². The van der Waals surface area contributed by atoms with Crippen LogP contribution in [0.5, 0.6) is 0 Å². The second kappa shape index (κ2) is 7.38. The zero-order valence-corrected chi connectivity index (χ0v) is 15.2. The predicted octanol–water partition coefficient (Wildman–Crippen LogP) is 2.27. The van der Waals surface area contributed by atoms with Crippen LogP contribution in [0.2, 0.25) is 0 Å². The fourth-order valence-electron chi connectivity index (χ4n) is 4.63. The van der Waals surface area contributed by atoms with Crippen molar-refractivity contribution in [1.82, 2.24) is 9.62 Å². The molecule has 3 fully saturated rings. The Hall–Kier alpha value is -0.170. The van der Waals surface area contributed by atoms with Gasteiger partial charge in [0.05, 0.1) is 18.0 Å². The summed E-state index contributed by atoms with van der Waals surface area (Å²) in [6.45, 7) is 2.58. The first-order chi connectivity index (χ1) is 11.0. The Labute approximate surface area is 141 Å². The second-order valence-corrected chi connectivity index (χ2v) is 9.62. The lowest BCUT2D eigenvalue weighted by Gasteiger charge is -2.38. The third-order valence-corrected chi connectivity index (χ3v) is 6.56. The predicted molar refractivity (Wildman–Crippen MR) is 92.0 cm³/mol. The zero-order chi connectivity index (χ0) is 16.3. The minimum absolute atomic E-state index is 0.180. The Morgan fingerprint density at radius 2 is 1.87 bits per heavy atom. The van der Waals surface area contributed by atoms with Gasteiger partial charge in [-0.25, -0.2) is 13.1 Å². The van der Waals surface area contributed by atoms with E-state index in [0.29, 0.717) is 18.7 Å². The lowest BCUT2D eigenvalue weighted by molar-refractivity contribution is -0.0764. The highest BCUT2D eigenvalue weighted by molar-refractivity contribution is 7.88. The molecule has 134 valence electrons. The van der Waals surface area contributed by atoms with Crippen LogP contribution in [0.3, 0.4) is 0 Å². The lowest BCUT2D eigenvalue weighted by atomic mass is 9.83. The average Bonchev–Trinajstić information content (AvgIpc) is 2.89. The zero-order valence-electron chi connectivity index (χ0n) is 14.4. The van der Waals surface area contributed by atoms with Crippen molar-refractivity contribution in [2.24, 2.45) is 0 Å². The molecule has 0 aromatic heterocycles. The van der Waals surface area contributed by atoms with Crippen LogP contribution in [-0.2, 0) is 14.8 Å². The maximum atomic E-state index is 11.4. The van der Waals surface area contributed by atoms with E-state index in [-0.39, 0.29) is 5.60 Å². The number of hydrogen-bond donors (Lipinski definition) is 1. The van der Waals surface area contributed by atoms with Gasteiger partial charge in [-0.1, -0.05) is 25.7 Å². The van der Waals surface area contributed by atoms with E-state index in [4.69, 9.17) is 4.74 Å². The molecule has 1 aliphatic carbocycles. The van der Waals surface area contributed by atoms with Gasteiger partial charge in [0.2, 0.25) is 10.0 Å². The average molecular weight is 345 g/mol. The molecule has 1 saturated carbocycles. The van der Waals surface area contributed by atoms with Crippen LogP contribution in [0, 0.1) is 0 Å². The molecule has 3 aliphatic rings. The summed E-state index contributed by atoms with van der Waals surface area (Å²) in [7, 11) is -3.10. The van der Waals surface area contributed by atoms with Crippen LogP contribution < -0.4 is 4.72 Å². The minimum Gasteiger partial charge on any atom is -0.370 e. The molecule has 23 heavy (non-hydrogen) atoms. The number of sulfonamides is 1. The molecule has 5 nitrogen and oxygen atoms in total. The summed E-state index contributed by atoms with van der Waals surface area (Å²) >= 11 is 0. The van der Waals surface area contributed by atoms with Gasteiger partial charge in [-0.15, -0.1) is 0 Å². The molecule has 2 unspecified atom stereocenters. The molecule has 2 aliphatic heterocycles. The largest absolute Gasteiger partial charge is 0.370 e. The van der Waals surface area contributed by atoms with Crippen LogP contribution in [0.4, 0.5) is 0 Å². The van der Waals surface area contributed by atoms with Gasteiger partial charge in [0.1, 0.15) is 0 Å². The molecule has 2 saturated heterocycles. The molecule has 0 aromatic rings. The number of likely N-dealkylation sites (tertiary alicyclic amines) is 1. The van der Waals surface area contributed by atoms with E-state index >= 15 is 0 Å². The summed E-state index contributed by atoms with van der Waals surface area (Å²) in [5.41, 5.74) is 0.180. The Bertz CT molecular complexity index is 488. The molecule has 0 bridgehead atoms. The van der Waals surface area contributed by atoms with Crippen molar-refractivity contribution in [2.45, 2.75) is 82.0 Å². The summed E-state index contributed by atoms with van der Waals surface area (Å²) < 4.78 is 31.9. The van der Waals surface area contributed by atoms with Crippen LogP contribution in [-0.4, -0.2) is 57.0 Å². The van der Waals surface area contributed by atoms with Gasteiger partial charge in [0, 0.05) is 19.1 Å². The third-order valence-electron chi connectivity index (χ3n) is 5.87. The highest BCUT2D eigenvalue weighted by Crippen LogP contribution is 2.42. The number of rotatable bonds is 5. The van der Waals surface area contributed by atoms with Crippen molar-refractivity contribution in [3.63, 3.8) is 0 Å². The van der Waals surface area contributed by atoms with Gasteiger partial charge in [0.25, 0.3) is 0 Å². The van der Waals surface area contributed by atoms with Gasteiger partial charge in [-0.2, -0.15) is 0 Å². The van der Waals surface area contributed by atoms with E-state index < -0.39 is 10.0 Å². The number of nitrogens with zero attached hydrogens (tertiary/aromatic N) is 1. The van der Waals surface area contributed by atoms with E-state index in [0.717, 1.165) is 19.5 Å². The molecule has 2 heterocycles. The number of nitrogens with one attached hydrogen (secondary N) is 1. The Kier molecular flexibility index (Phi) is 5.66. The fraction of sp³-hybridized carbons (Fsp3) is 1.00. The van der Waals surface area contributed by atoms with Crippen molar-refractivity contribution >= 4 is 10.0 Å². The molecule has 0 aromatic carbocycles. The molecule has 1 N–H and O–H groups in total. The Balaban J connectivity index is 1.53. The molecule has 6 heteroatoms. The summed E-state index contributed by atoms with van der Waals surface area (Å²) in [4.78, 5) is 2.47.